The molecule has 1 saturated heterocycles. The molecule has 1 fully saturated rings. The first-order chi connectivity index (χ1) is 18.4. The number of imide groups is 1. The lowest BCUT2D eigenvalue weighted by atomic mass is 10.0. The van der Waals surface area contributed by atoms with Gasteiger partial charge >= 0.3 is 0 Å². The summed E-state index contributed by atoms with van der Waals surface area (Å²) in [6, 6.07) is 26.6. The molecule has 1 heterocycles. The van der Waals surface area contributed by atoms with Crippen LogP contribution in [0.2, 0.25) is 0 Å². The van der Waals surface area contributed by atoms with E-state index in [0.29, 0.717) is 16.2 Å². The average Bonchev–Trinajstić information content (AvgIpc) is 3.18. The molecule has 0 unspecified atom stereocenters. The van der Waals surface area contributed by atoms with Gasteiger partial charge in [0, 0.05) is 5.69 Å². The number of thioether (sulfide) groups is 1. The number of hydrogen-bond donors (Lipinski definition) is 1. The molecule has 1 aliphatic heterocycles. The maximum atomic E-state index is 13.1. The van der Waals surface area contributed by atoms with E-state index in [1.54, 1.807) is 24.3 Å². The van der Waals surface area contributed by atoms with Crippen LogP contribution in [-0.2, 0) is 16.1 Å². The number of aryl methyl sites for hydroxylation is 1. The third kappa shape index (κ3) is 5.48. The normalized spacial score (nSPS) is 14.4. The second-order valence-corrected chi connectivity index (χ2v) is 10.1. The van der Waals surface area contributed by atoms with E-state index >= 15 is 0 Å². The molecule has 1 N–H and O–H groups in total. The van der Waals surface area contributed by atoms with E-state index in [-0.39, 0.29) is 30.2 Å². The van der Waals surface area contributed by atoms with Crippen molar-refractivity contribution in [1.29, 1.82) is 0 Å². The van der Waals surface area contributed by atoms with Crippen LogP contribution in [0, 0.1) is 13.8 Å². The number of anilines is 1. The minimum atomic E-state index is -0.327. The van der Waals surface area contributed by atoms with Crippen molar-refractivity contribution in [3.05, 3.63) is 112 Å². The zero-order chi connectivity index (χ0) is 26.6. The molecule has 4 aromatic rings. The molecule has 190 valence electrons. The van der Waals surface area contributed by atoms with Gasteiger partial charge in [0.2, 0.25) is 0 Å². The quantitative estimate of drug-likeness (QED) is 0.273. The van der Waals surface area contributed by atoms with Crippen LogP contribution in [0.25, 0.3) is 16.8 Å². The first kappa shape index (κ1) is 25.3. The highest BCUT2D eigenvalue weighted by atomic mass is 32.2. The Hall–Kier alpha value is -4.36. The van der Waals surface area contributed by atoms with Crippen LogP contribution < -0.4 is 10.1 Å². The van der Waals surface area contributed by atoms with E-state index in [1.807, 2.05) is 80.6 Å². The molecule has 0 spiro atoms. The van der Waals surface area contributed by atoms with Gasteiger partial charge in [-0.1, -0.05) is 66.7 Å². The number of hydrogen-bond acceptors (Lipinski definition) is 5. The minimum Gasteiger partial charge on any atom is -0.484 e. The summed E-state index contributed by atoms with van der Waals surface area (Å²) in [5.74, 6) is -0.101. The molecule has 4 aromatic carbocycles. The fourth-order valence-electron chi connectivity index (χ4n) is 4.30. The Labute approximate surface area is 225 Å². The second kappa shape index (κ2) is 10.9. The largest absolute Gasteiger partial charge is 0.484 e. The van der Waals surface area contributed by atoms with Crippen LogP contribution in [0.5, 0.6) is 5.75 Å². The topological polar surface area (TPSA) is 75.7 Å². The van der Waals surface area contributed by atoms with E-state index in [4.69, 9.17) is 4.74 Å². The molecule has 1 aliphatic rings. The van der Waals surface area contributed by atoms with E-state index in [2.05, 4.69) is 5.32 Å². The van der Waals surface area contributed by atoms with Crippen molar-refractivity contribution in [3.63, 3.8) is 0 Å². The standard InChI is InChI=1S/C31H26N2O4S/c1-20-8-5-15-27(21(20)2)32-29(34)19-37-25-13-6-9-22(16-25)17-28-30(35)33(31(36)38-28)18-24-12-7-11-23-10-3-4-14-26(23)24/h3-17H,18-19H2,1-2H3,(H,32,34)/b28-17-. The Morgan fingerprint density at radius 3 is 2.58 bits per heavy atom. The van der Waals surface area contributed by atoms with Gasteiger partial charge in [-0.2, -0.15) is 0 Å². The van der Waals surface area contributed by atoms with Crippen LogP contribution in [0.15, 0.2) is 89.8 Å². The summed E-state index contributed by atoms with van der Waals surface area (Å²) in [6.07, 6.45) is 1.68. The minimum absolute atomic E-state index is 0.154. The summed E-state index contributed by atoms with van der Waals surface area (Å²) in [5.41, 5.74) is 4.48. The third-order valence-electron chi connectivity index (χ3n) is 6.49. The van der Waals surface area contributed by atoms with Gasteiger partial charge in [-0.3, -0.25) is 19.3 Å². The van der Waals surface area contributed by atoms with Gasteiger partial charge in [0.1, 0.15) is 5.75 Å². The number of fused-ring (bicyclic) bond motifs is 1. The van der Waals surface area contributed by atoms with Crippen LogP contribution in [0.1, 0.15) is 22.3 Å². The van der Waals surface area contributed by atoms with Crippen molar-refractivity contribution < 1.29 is 19.1 Å². The Balaban J connectivity index is 1.25. The first-order valence-corrected chi connectivity index (χ1v) is 13.0. The maximum absolute atomic E-state index is 13.1. The van der Waals surface area contributed by atoms with Crippen molar-refractivity contribution in [3.8, 4) is 5.75 Å². The highest BCUT2D eigenvalue weighted by Crippen LogP contribution is 2.34. The fourth-order valence-corrected chi connectivity index (χ4v) is 5.14. The molecule has 0 aromatic heterocycles. The van der Waals surface area contributed by atoms with Crippen LogP contribution in [-0.4, -0.2) is 28.6 Å². The highest BCUT2D eigenvalue weighted by Gasteiger charge is 2.35. The summed E-state index contributed by atoms with van der Waals surface area (Å²) in [5, 5.41) is 4.65. The van der Waals surface area contributed by atoms with Crippen molar-refractivity contribution in [2.24, 2.45) is 0 Å². The van der Waals surface area contributed by atoms with Gasteiger partial charge in [0.15, 0.2) is 6.61 Å². The third-order valence-corrected chi connectivity index (χ3v) is 7.39. The van der Waals surface area contributed by atoms with Gasteiger partial charge in [0.05, 0.1) is 11.4 Å². The molecule has 0 aliphatic carbocycles. The molecule has 0 saturated carbocycles. The summed E-state index contributed by atoms with van der Waals surface area (Å²) in [7, 11) is 0. The number of carbonyl (C=O) groups excluding carboxylic acids is 3. The number of rotatable bonds is 7. The van der Waals surface area contributed by atoms with Crippen LogP contribution >= 0.6 is 11.8 Å². The van der Waals surface area contributed by atoms with E-state index in [1.165, 1.54) is 4.90 Å². The molecule has 0 atom stereocenters. The Morgan fingerprint density at radius 1 is 0.947 bits per heavy atom. The van der Waals surface area contributed by atoms with Crippen molar-refractivity contribution in [2.45, 2.75) is 20.4 Å². The number of ether oxygens (including phenoxy) is 1. The van der Waals surface area contributed by atoms with E-state index in [9.17, 15) is 14.4 Å². The number of carbonyl (C=O) groups is 3. The molecular weight excluding hydrogens is 496 g/mol. The molecule has 0 radical (unpaired) electrons. The Bertz CT molecular complexity index is 1590. The summed E-state index contributed by atoms with van der Waals surface area (Å²) in [4.78, 5) is 39.9. The number of benzene rings is 4. The van der Waals surface area contributed by atoms with Crippen LogP contribution in [0.3, 0.4) is 0 Å². The number of nitrogens with one attached hydrogen (secondary N) is 1. The average molecular weight is 523 g/mol. The fraction of sp³-hybridized carbons (Fsp3) is 0.129. The predicted molar refractivity (Wildman–Crippen MR) is 152 cm³/mol. The molecule has 0 bridgehead atoms. The summed E-state index contributed by atoms with van der Waals surface area (Å²) in [6.45, 7) is 4.00. The second-order valence-electron chi connectivity index (χ2n) is 9.06. The summed E-state index contributed by atoms with van der Waals surface area (Å²) >= 11 is 0.923. The molecule has 3 amide bonds. The van der Waals surface area contributed by atoms with Gasteiger partial charge in [-0.05, 0) is 82.9 Å². The lowest BCUT2D eigenvalue weighted by Gasteiger charge is -2.14. The van der Waals surface area contributed by atoms with E-state index in [0.717, 1.165) is 44.9 Å². The molecular formula is C31H26N2O4S. The van der Waals surface area contributed by atoms with E-state index < -0.39 is 0 Å². The van der Waals surface area contributed by atoms with Gasteiger partial charge in [0.25, 0.3) is 17.1 Å². The number of amides is 3. The summed E-state index contributed by atoms with van der Waals surface area (Å²) < 4.78 is 5.69. The predicted octanol–water partition coefficient (Wildman–Crippen LogP) is 6.71. The van der Waals surface area contributed by atoms with Crippen molar-refractivity contribution >= 4 is 51.4 Å². The molecule has 7 heteroatoms. The van der Waals surface area contributed by atoms with Gasteiger partial charge in [-0.15, -0.1) is 0 Å². The lowest BCUT2D eigenvalue weighted by Crippen LogP contribution is -2.27. The highest BCUT2D eigenvalue weighted by molar-refractivity contribution is 8.18. The molecule has 5 rings (SSSR count). The van der Waals surface area contributed by atoms with Gasteiger partial charge < -0.3 is 10.1 Å². The van der Waals surface area contributed by atoms with Crippen molar-refractivity contribution in [2.75, 3.05) is 11.9 Å². The zero-order valence-electron chi connectivity index (χ0n) is 21.1. The molecule has 38 heavy (non-hydrogen) atoms. The van der Waals surface area contributed by atoms with Crippen molar-refractivity contribution in [1.82, 2.24) is 4.90 Å². The molecule has 6 nitrogen and oxygen atoms in total. The monoisotopic (exact) mass is 522 g/mol. The Morgan fingerprint density at radius 2 is 1.71 bits per heavy atom. The van der Waals surface area contributed by atoms with Crippen LogP contribution in [0.4, 0.5) is 10.5 Å². The maximum Gasteiger partial charge on any atom is 0.293 e. The first-order valence-electron chi connectivity index (χ1n) is 12.2. The lowest BCUT2D eigenvalue weighted by molar-refractivity contribution is -0.123. The van der Waals surface area contributed by atoms with Gasteiger partial charge in [-0.25, -0.2) is 0 Å². The Kier molecular flexibility index (Phi) is 7.29. The smallest absolute Gasteiger partial charge is 0.293 e. The number of nitrogens with zero attached hydrogens (tertiary/aromatic N) is 1. The SMILES string of the molecule is Cc1cccc(NC(=O)COc2cccc(/C=C3\SC(=O)N(Cc4cccc5ccccc45)C3=O)c2)c1C. The zero-order valence-corrected chi connectivity index (χ0v) is 21.9.